The molecule has 4 N–H and O–H groups in total. The molecule has 3 unspecified atom stereocenters. The van der Waals surface area contributed by atoms with Crippen molar-refractivity contribution in [2.45, 2.75) is 107 Å². The fourth-order valence-electron chi connectivity index (χ4n) is 11.4. The molecular weight excluding hydrogens is 996 g/mol. The van der Waals surface area contributed by atoms with Gasteiger partial charge in [-0.1, -0.05) is 34.4 Å². The standard InChI is InChI=1S/C51H66F2IN11O4/c1-4-65(69)27-19-41-40(32-65)49(62-22-7-8-35-29-37(39(31-56-2)48(54)55)38(47(52)53)30-44(35)62)58-64(41)36-17-25-61(26-18-36)21-6-5-20-60-23-15-33(16-24-60)9-10-34-11-12-42-45(28-34)59(3)51(68)63(42)43-13-14-46(66)57-50(43)67/h11-12,28-31,33,36,43,47-48,56H,4-8,13-27,32,55H2,1-3H3,(H,57,66,67)/b39-31-. The molecule has 2 amide bonds. The normalized spacial score (nSPS) is 22.7. The molecule has 3 atom stereocenters. The van der Waals surface area contributed by atoms with E-state index in [0.717, 1.165) is 125 Å². The van der Waals surface area contributed by atoms with Crippen molar-refractivity contribution >= 4 is 62.5 Å². The summed E-state index contributed by atoms with van der Waals surface area (Å²) >= 11 is 2.07. The number of carbonyl (C=O) groups is 2. The zero-order valence-corrected chi connectivity index (χ0v) is 42.3. The third-order valence-electron chi connectivity index (χ3n) is 15.4. The van der Waals surface area contributed by atoms with Crippen LogP contribution >= 0.6 is 22.6 Å². The number of amides is 2. The number of nitrogens with zero attached hydrogens (tertiary/aromatic N) is 8. The number of fused-ring (bicyclic) bond motifs is 3. The first kappa shape index (κ1) is 49.3. The number of rotatable bonds is 13. The Hall–Kier alpha value is -4.65. The van der Waals surface area contributed by atoms with Crippen LogP contribution in [-0.4, -0.2) is 115 Å². The summed E-state index contributed by atoms with van der Waals surface area (Å²) in [7, 11) is 3.45. The number of carbonyl (C=O) groups excluding carboxylic acids is 2. The summed E-state index contributed by atoms with van der Waals surface area (Å²) in [5, 5.41) is 24.6. The molecule has 7 heterocycles. The van der Waals surface area contributed by atoms with Crippen molar-refractivity contribution in [2.24, 2.45) is 18.7 Å². The highest BCUT2D eigenvalue weighted by Gasteiger charge is 2.38. The van der Waals surface area contributed by atoms with E-state index in [9.17, 15) is 28.4 Å². The number of benzene rings is 2. The third kappa shape index (κ3) is 10.3. The van der Waals surface area contributed by atoms with Gasteiger partial charge in [-0.15, -0.1) is 0 Å². The Labute approximate surface area is 416 Å². The van der Waals surface area contributed by atoms with E-state index < -0.39 is 22.4 Å². The van der Waals surface area contributed by atoms with Gasteiger partial charge in [-0.05, 0) is 132 Å². The minimum absolute atomic E-state index is 0.0462. The predicted molar refractivity (Wildman–Crippen MR) is 273 cm³/mol. The second kappa shape index (κ2) is 21.0. The van der Waals surface area contributed by atoms with Gasteiger partial charge in [0.15, 0.2) is 5.82 Å². The Morgan fingerprint density at radius 2 is 1.72 bits per heavy atom. The number of nitrogens with one attached hydrogen (secondary N) is 2. The van der Waals surface area contributed by atoms with E-state index in [2.05, 4.69) is 64.4 Å². The lowest BCUT2D eigenvalue weighted by atomic mass is 9.91. The molecule has 18 heteroatoms. The van der Waals surface area contributed by atoms with Gasteiger partial charge in [0, 0.05) is 81.1 Å². The van der Waals surface area contributed by atoms with Crippen molar-refractivity contribution in [3.05, 3.63) is 85.7 Å². The van der Waals surface area contributed by atoms with Crippen molar-refractivity contribution < 1.29 is 23.0 Å². The lowest BCUT2D eigenvalue weighted by molar-refractivity contribution is -0.894. The molecule has 0 spiro atoms. The summed E-state index contributed by atoms with van der Waals surface area (Å²) in [5.41, 5.74) is 13.1. The number of aromatic nitrogens is 4. The lowest BCUT2D eigenvalue weighted by Crippen LogP contribution is -2.46. The molecule has 0 radical (unpaired) electrons. The van der Waals surface area contributed by atoms with Gasteiger partial charge in [-0.3, -0.25) is 28.7 Å². The van der Waals surface area contributed by atoms with Crippen molar-refractivity contribution in [1.82, 2.24) is 39.3 Å². The van der Waals surface area contributed by atoms with E-state index in [-0.39, 0.29) is 34.3 Å². The topological polar surface area (TPSA) is 162 Å². The first-order chi connectivity index (χ1) is 33.2. The van der Waals surface area contributed by atoms with Crippen LogP contribution in [0.5, 0.6) is 0 Å². The highest BCUT2D eigenvalue weighted by Crippen LogP contribution is 2.44. The molecule has 2 aromatic carbocycles. The van der Waals surface area contributed by atoms with Gasteiger partial charge in [0.05, 0.1) is 45.5 Å². The number of hydroxylamine groups is 3. The molecule has 5 aliphatic heterocycles. The van der Waals surface area contributed by atoms with Gasteiger partial charge in [-0.2, -0.15) is 5.10 Å². The van der Waals surface area contributed by atoms with E-state index in [4.69, 9.17) is 10.8 Å². The molecule has 4 aromatic rings. The van der Waals surface area contributed by atoms with Gasteiger partial charge in [-0.25, -0.2) is 13.6 Å². The van der Waals surface area contributed by atoms with Crippen molar-refractivity contribution in [3.63, 3.8) is 0 Å². The largest absolute Gasteiger partial charge is 0.633 e. The van der Waals surface area contributed by atoms with E-state index in [1.807, 2.05) is 31.2 Å². The molecule has 0 aliphatic carbocycles. The quantitative estimate of drug-likeness (QED) is 0.0200. The maximum atomic E-state index is 14.8. The van der Waals surface area contributed by atoms with Crippen molar-refractivity contribution in [1.29, 1.82) is 0 Å². The molecule has 69 heavy (non-hydrogen) atoms. The summed E-state index contributed by atoms with van der Waals surface area (Å²) < 4.78 is 34.2. The van der Waals surface area contributed by atoms with Crippen LogP contribution < -0.4 is 27.0 Å². The summed E-state index contributed by atoms with van der Waals surface area (Å²) in [6.45, 7) is 10.1. The maximum Gasteiger partial charge on any atom is 0.329 e. The number of piperidine rings is 3. The number of anilines is 2. The molecule has 0 bridgehead atoms. The van der Waals surface area contributed by atoms with Gasteiger partial charge < -0.3 is 35.6 Å². The zero-order chi connectivity index (χ0) is 48.6. The fourth-order valence-corrected chi connectivity index (χ4v) is 11.9. The number of nitrogens with two attached hydrogens (primary N) is 1. The maximum absolute atomic E-state index is 14.8. The number of imide groups is 1. The number of halogens is 3. The second-order valence-corrected chi connectivity index (χ2v) is 21.0. The Morgan fingerprint density at radius 1 is 1.00 bits per heavy atom. The summed E-state index contributed by atoms with van der Waals surface area (Å²) in [6, 6.07) is 8.72. The second-order valence-electron chi connectivity index (χ2n) is 19.7. The third-order valence-corrected chi connectivity index (χ3v) is 16.0. The fraction of sp³-hybridized carbons (Fsp3) is 0.569. The van der Waals surface area contributed by atoms with Crippen LogP contribution in [-0.2, 0) is 36.0 Å². The average Bonchev–Trinajstić information content (AvgIpc) is 3.83. The number of hydrogen-bond acceptors (Lipinski definition) is 10. The first-order valence-electron chi connectivity index (χ1n) is 24.9. The van der Waals surface area contributed by atoms with Crippen LogP contribution in [0, 0.1) is 23.0 Å². The molecule has 15 nitrogen and oxygen atoms in total. The van der Waals surface area contributed by atoms with Crippen molar-refractivity contribution in [2.75, 3.05) is 70.9 Å². The Morgan fingerprint density at radius 3 is 2.39 bits per heavy atom. The van der Waals surface area contributed by atoms with E-state index in [1.165, 1.54) is 4.57 Å². The van der Waals surface area contributed by atoms with E-state index in [1.54, 1.807) is 30.9 Å². The monoisotopic (exact) mass is 1060 g/mol. The molecule has 3 fully saturated rings. The van der Waals surface area contributed by atoms with Gasteiger partial charge in [0.1, 0.15) is 12.6 Å². The number of imidazole rings is 1. The molecule has 2 aromatic heterocycles. The van der Waals surface area contributed by atoms with E-state index >= 15 is 0 Å². The van der Waals surface area contributed by atoms with Crippen LogP contribution in [0.15, 0.2) is 41.3 Å². The summed E-state index contributed by atoms with van der Waals surface area (Å²) in [6.07, 6.45) is 8.04. The van der Waals surface area contributed by atoms with Crippen molar-refractivity contribution in [3.8, 4) is 11.8 Å². The number of likely N-dealkylation sites (tertiary alicyclic amines) is 2. The molecule has 9 rings (SSSR count). The number of aryl methyl sites for hydroxylation is 2. The van der Waals surface area contributed by atoms with Crippen LogP contribution in [0.3, 0.4) is 0 Å². The summed E-state index contributed by atoms with van der Waals surface area (Å²) in [4.78, 5) is 44.7. The van der Waals surface area contributed by atoms with Crippen LogP contribution in [0.25, 0.3) is 16.6 Å². The SMILES string of the molecule is CC[N+]1([O-])CCc2c(c(N3CCCc4cc(/C(=C/NC)C(N)I)c(C(F)F)cc43)nn2C2CCN(CCCCN3CCC(C#Cc4ccc5c(c4)n(C)c(=O)n5C4CCC(=O)NC4=O)CC3)CC2)C1. The number of unbranched alkanes of at least 4 members (excludes halogenated alkanes) is 1. The minimum Gasteiger partial charge on any atom is -0.633 e. The smallest absolute Gasteiger partial charge is 0.329 e. The molecule has 0 saturated carbocycles. The molecule has 5 aliphatic rings. The number of quaternary nitrogens is 1. The lowest BCUT2D eigenvalue weighted by Gasteiger charge is -2.45. The van der Waals surface area contributed by atoms with Gasteiger partial charge in [0.25, 0.3) is 6.43 Å². The first-order valence-corrected chi connectivity index (χ1v) is 26.2. The van der Waals surface area contributed by atoms with E-state index in [0.29, 0.717) is 67.1 Å². The zero-order valence-electron chi connectivity index (χ0n) is 40.1. The molecule has 370 valence electrons. The Balaban J connectivity index is 0.785. The average molecular weight is 1060 g/mol. The minimum atomic E-state index is -2.69. The Kier molecular flexibility index (Phi) is 15.0. The molecule has 3 saturated heterocycles. The number of alkyl halides is 3. The van der Waals surface area contributed by atoms with Crippen LogP contribution in [0.4, 0.5) is 20.3 Å². The van der Waals surface area contributed by atoms with Crippen LogP contribution in [0.1, 0.15) is 117 Å². The number of hydrogen-bond donors (Lipinski definition) is 3. The predicted octanol–water partition coefficient (Wildman–Crippen LogP) is 6.39. The molecular formula is C51H66F2IN11O4. The highest BCUT2D eigenvalue weighted by atomic mass is 127. The van der Waals surface area contributed by atoms with Gasteiger partial charge in [0.2, 0.25) is 11.8 Å². The van der Waals surface area contributed by atoms with Crippen LogP contribution in [0.2, 0.25) is 0 Å². The summed E-state index contributed by atoms with van der Waals surface area (Å²) in [5.74, 6) is 7.16. The van der Waals surface area contributed by atoms with Gasteiger partial charge >= 0.3 is 5.69 Å². The Bertz CT molecular complexity index is 2720. The highest BCUT2D eigenvalue weighted by molar-refractivity contribution is 14.1. The number of likely N-dealkylation sites (N-methyl/N-ethyl adjacent to an activating group) is 1.